The molecule has 0 aromatic carbocycles. The molecule has 0 fully saturated rings. The van der Waals surface area contributed by atoms with E-state index in [1.165, 1.54) is 0 Å². The molecule has 0 aliphatic carbocycles. The second-order valence-corrected chi connectivity index (χ2v) is 5.43. The average molecular weight is 232 g/mol. The van der Waals surface area contributed by atoms with Crippen molar-refractivity contribution in [2.45, 2.75) is 60.0 Å². The Kier molecular flexibility index (Phi) is 7.72. The zero-order valence-electron chi connectivity index (χ0n) is 11.0. The molecule has 0 aliphatic heterocycles. The first-order valence-corrected chi connectivity index (χ1v) is 6.85. The Bertz CT molecular complexity index is 144. The minimum absolute atomic E-state index is 0.286. The van der Waals surface area contributed by atoms with Crippen molar-refractivity contribution >= 4 is 12.6 Å². The lowest BCUT2D eigenvalue weighted by molar-refractivity contribution is -0.00447. The predicted molar refractivity (Wildman–Crippen MR) is 71.7 cm³/mol. The standard InChI is InChI=1S/C13H28OS/c1-6-13(7-2,10-15)9-14-12(5)8-11(3)4/h11-12,15H,6-10H2,1-5H3. The summed E-state index contributed by atoms with van der Waals surface area (Å²) in [6, 6.07) is 0. The molecular weight excluding hydrogens is 204 g/mol. The van der Waals surface area contributed by atoms with Crippen LogP contribution >= 0.6 is 12.6 Å². The van der Waals surface area contributed by atoms with E-state index in [9.17, 15) is 0 Å². The number of rotatable bonds is 8. The summed E-state index contributed by atoms with van der Waals surface area (Å²) >= 11 is 4.45. The highest BCUT2D eigenvalue weighted by Crippen LogP contribution is 2.29. The Morgan fingerprint density at radius 2 is 1.67 bits per heavy atom. The first-order chi connectivity index (χ1) is 6.99. The minimum atomic E-state index is 0.286. The van der Waals surface area contributed by atoms with Crippen molar-refractivity contribution in [3.63, 3.8) is 0 Å². The van der Waals surface area contributed by atoms with E-state index in [1.807, 2.05) is 0 Å². The van der Waals surface area contributed by atoms with Crippen molar-refractivity contribution in [3.8, 4) is 0 Å². The quantitative estimate of drug-likeness (QED) is 0.618. The maximum absolute atomic E-state index is 5.94. The Morgan fingerprint density at radius 1 is 1.13 bits per heavy atom. The molecule has 0 saturated carbocycles. The molecule has 0 saturated heterocycles. The van der Waals surface area contributed by atoms with Crippen molar-refractivity contribution in [2.24, 2.45) is 11.3 Å². The van der Waals surface area contributed by atoms with Crippen molar-refractivity contribution in [1.82, 2.24) is 0 Å². The van der Waals surface area contributed by atoms with Crippen LogP contribution in [0.25, 0.3) is 0 Å². The third-order valence-corrected chi connectivity index (χ3v) is 3.98. The molecule has 15 heavy (non-hydrogen) atoms. The minimum Gasteiger partial charge on any atom is -0.378 e. The molecule has 0 aromatic rings. The highest BCUT2D eigenvalue weighted by molar-refractivity contribution is 7.80. The molecule has 0 aliphatic rings. The van der Waals surface area contributed by atoms with Crippen molar-refractivity contribution in [3.05, 3.63) is 0 Å². The van der Waals surface area contributed by atoms with Crippen LogP contribution < -0.4 is 0 Å². The summed E-state index contributed by atoms with van der Waals surface area (Å²) in [7, 11) is 0. The van der Waals surface area contributed by atoms with Gasteiger partial charge in [-0.3, -0.25) is 0 Å². The van der Waals surface area contributed by atoms with Gasteiger partial charge in [-0.25, -0.2) is 0 Å². The molecule has 92 valence electrons. The molecule has 0 aromatic heterocycles. The number of ether oxygens (including phenoxy) is 1. The van der Waals surface area contributed by atoms with E-state index < -0.39 is 0 Å². The van der Waals surface area contributed by atoms with Gasteiger partial charge in [-0.05, 0) is 37.9 Å². The van der Waals surface area contributed by atoms with Gasteiger partial charge in [0.25, 0.3) is 0 Å². The van der Waals surface area contributed by atoms with Gasteiger partial charge >= 0.3 is 0 Å². The van der Waals surface area contributed by atoms with E-state index in [1.54, 1.807) is 0 Å². The van der Waals surface area contributed by atoms with Crippen LogP contribution in [-0.2, 0) is 4.74 Å². The number of thiol groups is 1. The SMILES string of the molecule is CCC(CC)(CS)COC(C)CC(C)C. The van der Waals surface area contributed by atoms with E-state index >= 15 is 0 Å². The average Bonchev–Trinajstić information content (AvgIpc) is 2.20. The highest BCUT2D eigenvalue weighted by atomic mass is 32.1. The Morgan fingerprint density at radius 3 is 2.00 bits per heavy atom. The molecule has 1 atom stereocenters. The second kappa shape index (κ2) is 7.56. The summed E-state index contributed by atoms with van der Waals surface area (Å²) in [5.74, 6) is 1.64. The molecule has 0 amide bonds. The Hall–Kier alpha value is 0.310. The Labute approximate surface area is 101 Å². The summed E-state index contributed by atoms with van der Waals surface area (Å²) in [6.45, 7) is 12.0. The van der Waals surface area contributed by atoms with Gasteiger partial charge < -0.3 is 4.74 Å². The van der Waals surface area contributed by atoms with E-state index in [-0.39, 0.29) is 5.41 Å². The zero-order chi connectivity index (χ0) is 11.9. The van der Waals surface area contributed by atoms with Crippen molar-refractivity contribution in [2.75, 3.05) is 12.4 Å². The van der Waals surface area contributed by atoms with E-state index in [0.717, 1.165) is 31.6 Å². The number of hydrogen-bond donors (Lipinski definition) is 1. The molecule has 0 rings (SSSR count). The maximum atomic E-state index is 5.94. The monoisotopic (exact) mass is 232 g/mol. The topological polar surface area (TPSA) is 9.23 Å². The Balaban J connectivity index is 3.99. The van der Waals surface area contributed by atoms with Crippen molar-refractivity contribution < 1.29 is 4.74 Å². The van der Waals surface area contributed by atoms with Gasteiger partial charge in [-0.1, -0.05) is 27.7 Å². The lowest BCUT2D eigenvalue weighted by atomic mass is 9.85. The van der Waals surface area contributed by atoms with Crippen LogP contribution in [0.15, 0.2) is 0 Å². The number of hydrogen-bond acceptors (Lipinski definition) is 2. The molecule has 1 nitrogen and oxygen atoms in total. The van der Waals surface area contributed by atoms with Gasteiger partial charge in [0, 0.05) is 5.41 Å². The van der Waals surface area contributed by atoms with E-state index in [4.69, 9.17) is 4.74 Å². The summed E-state index contributed by atoms with van der Waals surface area (Å²) in [5, 5.41) is 0. The molecule has 0 radical (unpaired) electrons. The largest absolute Gasteiger partial charge is 0.378 e. The predicted octanol–water partition coefficient (Wildman–Crippen LogP) is 4.17. The van der Waals surface area contributed by atoms with Crippen LogP contribution in [0.4, 0.5) is 0 Å². The van der Waals surface area contributed by atoms with Crippen LogP contribution in [0, 0.1) is 11.3 Å². The van der Waals surface area contributed by atoms with Crippen LogP contribution in [0.1, 0.15) is 53.9 Å². The first kappa shape index (κ1) is 15.3. The van der Waals surface area contributed by atoms with Gasteiger partial charge in [0.2, 0.25) is 0 Å². The lowest BCUT2D eigenvalue weighted by Gasteiger charge is -2.31. The van der Waals surface area contributed by atoms with Crippen molar-refractivity contribution in [1.29, 1.82) is 0 Å². The zero-order valence-corrected chi connectivity index (χ0v) is 11.9. The van der Waals surface area contributed by atoms with Crippen LogP contribution in [0.2, 0.25) is 0 Å². The van der Waals surface area contributed by atoms with Gasteiger partial charge in [0.1, 0.15) is 0 Å². The molecule has 0 bridgehead atoms. The van der Waals surface area contributed by atoms with E-state index in [0.29, 0.717) is 12.0 Å². The molecule has 2 heteroatoms. The summed E-state index contributed by atoms with van der Waals surface area (Å²) in [5.41, 5.74) is 0.286. The van der Waals surface area contributed by atoms with Crippen LogP contribution in [0.3, 0.4) is 0 Å². The van der Waals surface area contributed by atoms with Crippen LogP contribution in [0.5, 0.6) is 0 Å². The van der Waals surface area contributed by atoms with Gasteiger partial charge in [0.05, 0.1) is 12.7 Å². The normalized spacial score (nSPS) is 14.6. The summed E-state index contributed by atoms with van der Waals surface area (Å²) in [6.07, 6.45) is 3.83. The van der Waals surface area contributed by atoms with Gasteiger partial charge in [-0.15, -0.1) is 0 Å². The van der Waals surface area contributed by atoms with Crippen LogP contribution in [-0.4, -0.2) is 18.5 Å². The first-order valence-electron chi connectivity index (χ1n) is 6.22. The molecule has 1 unspecified atom stereocenters. The lowest BCUT2D eigenvalue weighted by Crippen LogP contribution is -2.30. The fourth-order valence-corrected chi connectivity index (χ4v) is 2.31. The smallest absolute Gasteiger partial charge is 0.0549 e. The molecule has 0 N–H and O–H groups in total. The summed E-state index contributed by atoms with van der Waals surface area (Å²) in [4.78, 5) is 0. The summed E-state index contributed by atoms with van der Waals surface area (Å²) < 4.78 is 5.94. The molecule has 0 heterocycles. The third kappa shape index (κ3) is 5.82. The third-order valence-electron chi connectivity index (χ3n) is 3.31. The molecule has 0 spiro atoms. The van der Waals surface area contributed by atoms with Gasteiger partial charge in [-0.2, -0.15) is 12.6 Å². The second-order valence-electron chi connectivity index (χ2n) is 5.12. The fraction of sp³-hybridized carbons (Fsp3) is 1.00. The molecular formula is C13H28OS. The maximum Gasteiger partial charge on any atom is 0.0549 e. The highest BCUT2D eigenvalue weighted by Gasteiger charge is 2.25. The fourth-order valence-electron chi connectivity index (χ4n) is 1.77. The van der Waals surface area contributed by atoms with E-state index in [2.05, 4.69) is 47.2 Å². The van der Waals surface area contributed by atoms with Gasteiger partial charge in [0.15, 0.2) is 0 Å².